The molecular weight excluding hydrogens is 314 g/mol. The molecule has 0 bridgehead atoms. The molecule has 0 radical (unpaired) electrons. The average Bonchev–Trinajstić information content (AvgIpc) is 2.80. The Labute approximate surface area is 137 Å². The lowest BCUT2D eigenvalue weighted by atomic mass is 9.98. The fourth-order valence-electron chi connectivity index (χ4n) is 2.49. The molecule has 2 aromatic rings. The Kier molecular flexibility index (Phi) is 4.84. The Morgan fingerprint density at radius 3 is 2.30 bits per heavy atom. The van der Waals surface area contributed by atoms with Crippen molar-refractivity contribution in [1.29, 1.82) is 0 Å². The van der Waals surface area contributed by atoms with Crippen LogP contribution < -0.4 is 5.32 Å². The maximum absolute atomic E-state index is 12.3. The van der Waals surface area contributed by atoms with E-state index >= 15 is 0 Å². The third kappa shape index (κ3) is 3.58. The van der Waals surface area contributed by atoms with Gasteiger partial charge in [-0.3, -0.25) is 4.79 Å². The molecule has 1 aromatic heterocycles. The third-order valence-electron chi connectivity index (χ3n) is 4.14. The molecule has 0 aliphatic rings. The average molecular weight is 337 g/mol. The molecule has 0 saturated carbocycles. The minimum atomic E-state index is -3.43. The lowest BCUT2D eigenvalue weighted by Gasteiger charge is -2.22. The molecule has 0 fully saturated rings. The van der Waals surface area contributed by atoms with Crippen LogP contribution in [0.4, 0.5) is 0 Å². The zero-order valence-electron chi connectivity index (χ0n) is 14.1. The van der Waals surface area contributed by atoms with Crippen LogP contribution in [0.25, 0.3) is 11.0 Å². The minimum absolute atomic E-state index is 0.0602. The first-order valence-electron chi connectivity index (χ1n) is 7.60. The number of sulfone groups is 1. The second-order valence-corrected chi connectivity index (χ2v) is 8.66. The van der Waals surface area contributed by atoms with Crippen molar-refractivity contribution in [3.05, 3.63) is 35.6 Å². The standard InChI is InChI=1S/C17H23NO4S/c1-10(2)15(18-17(19)12(4)23(5,20)21)16-11(3)13-8-6-7-9-14(13)22-16/h6-10,12,15H,1-5H3,(H,18,19)/t12-,15+/m0/s1. The molecule has 2 rings (SSSR count). The molecular formula is C17H23NO4S. The number of furan rings is 1. The Bertz CT molecular complexity index is 820. The van der Waals surface area contributed by atoms with Crippen LogP contribution in [-0.4, -0.2) is 25.8 Å². The Balaban J connectivity index is 2.38. The van der Waals surface area contributed by atoms with Gasteiger partial charge in [0, 0.05) is 17.2 Å². The van der Waals surface area contributed by atoms with Crippen molar-refractivity contribution < 1.29 is 17.6 Å². The predicted molar refractivity (Wildman–Crippen MR) is 91.0 cm³/mol. The van der Waals surface area contributed by atoms with Crippen LogP contribution in [-0.2, 0) is 14.6 Å². The van der Waals surface area contributed by atoms with Crippen molar-refractivity contribution in [2.24, 2.45) is 5.92 Å². The molecule has 0 aliphatic carbocycles. The minimum Gasteiger partial charge on any atom is -0.459 e. The SMILES string of the molecule is Cc1c([C@H](NC(=O)[C@H](C)S(C)(=O)=O)C(C)C)oc2ccccc12. The van der Waals surface area contributed by atoms with Gasteiger partial charge in [0.2, 0.25) is 5.91 Å². The van der Waals surface area contributed by atoms with Gasteiger partial charge in [0.25, 0.3) is 0 Å². The van der Waals surface area contributed by atoms with Crippen molar-refractivity contribution in [2.45, 2.75) is 39.0 Å². The van der Waals surface area contributed by atoms with E-state index < -0.39 is 21.0 Å². The van der Waals surface area contributed by atoms with Gasteiger partial charge in [-0.15, -0.1) is 0 Å². The van der Waals surface area contributed by atoms with Crippen molar-refractivity contribution in [2.75, 3.05) is 6.26 Å². The quantitative estimate of drug-likeness (QED) is 0.910. The molecule has 5 nitrogen and oxygen atoms in total. The lowest BCUT2D eigenvalue weighted by molar-refractivity contribution is -0.121. The summed E-state index contributed by atoms with van der Waals surface area (Å²) in [5, 5.41) is 2.74. The topological polar surface area (TPSA) is 76.4 Å². The Morgan fingerprint density at radius 2 is 1.78 bits per heavy atom. The van der Waals surface area contributed by atoms with Gasteiger partial charge in [-0.1, -0.05) is 32.0 Å². The van der Waals surface area contributed by atoms with Crippen LogP contribution in [0.5, 0.6) is 0 Å². The highest BCUT2D eigenvalue weighted by Crippen LogP contribution is 2.32. The number of carbonyl (C=O) groups is 1. The summed E-state index contributed by atoms with van der Waals surface area (Å²) in [5.41, 5.74) is 1.72. The number of carbonyl (C=O) groups excluding carboxylic acids is 1. The summed E-state index contributed by atoms with van der Waals surface area (Å²) in [6.07, 6.45) is 1.06. The van der Waals surface area contributed by atoms with E-state index in [-0.39, 0.29) is 12.0 Å². The molecule has 23 heavy (non-hydrogen) atoms. The summed E-state index contributed by atoms with van der Waals surface area (Å²) in [6, 6.07) is 7.30. The Morgan fingerprint density at radius 1 is 1.17 bits per heavy atom. The number of para-hydroxylation sites is 1. The van der Waals surface area contributed by atoms with Crippen molar-refractivity contribution in [3.8, 4) is 0 Å². The number of amides is 1. The fraction of sp³-hybridized carbons (Fsp3) is 0.471. The second-order valence-electron chi connectivity index (χ2n) is 6.29. The number of hydrogen-bond donors (Lipinski definition) is 1. The van der Waals surface area contributed by atoms with Crippen molar-refractivity contribution in [1.82, 2.24) is 5.32 Å². The van der Waals surface area contributed by atoms with Crippen LogP contribution in [0.3, 0.4) is 0 Å². The first-order chi connectivity index (χ1) is 10.6. The number of aryl methyl sites for hydroxylation is 1. The predicted octanol–water partition coefficient (Wildman–Crippen LogP) is 2.99. The summed E-state index contributed by atoms with van der Waals surface area (Å²) in [4.78, 5) is 12.3. The first kappa shape index (κ1) is 17.5. The largest absolute Gasteiger partial charge is 0.459 e. The molecule has 1 N–H and O–H groups in total. The number of nitrogens with one attached hydrogen (secondary N) is 1. The molecule has 1 heterocycles. The fourth-order valence-corrected chi connectivity index (χ4v) is 2.95. The van der Waals surface area contributed by atoms with E-state index in [0.717, 1.165) is 22.8 Å². The van der Waals surface area contributed by atoms with E-state index in [2.05, 4.69) is 5.32 Å². The van der Waals surface area contributed by atoms with Gasteiger partial charge >= 0.3 is 0 Å². The van der Waals surface area contributed by atoms with E-state index in [1.54, 1.807) is 0 Å². The number of fused-ring (bicyclic) bond motifs is 1. The smallest absolute Gasteiger partial charge is 0.238 e. The highest BCUT2D eigenvalue weighted by molar-refractivity contribution is 7.92. The van der Waals surface area contributed by atoms with Crippen molar-refractivity contribution >= 4 is 26.7 Å². The zero-order chi connectivity index (χ0) is 17.4. The molecule has 0 unspecified atom stereocenters. The summed E-state index contributed by atoms with van der Waals surface area (Å²) in [7, 11) is -3.43. The summed E-state index contributed by atoms with van der Waals surface area (Å²) in [6.45, 7) is 7.27. The molecule has 1 amide bonds. The van der Waals surface area contributed by atoms with Gasteiger partial charge in [-0.2, -0.15) is 0 Å². The first-order valence-corrected chi connectivity index (χ1v) is 9.55. The van der Waals surface area contributed by atoms with Crippen LogP contribution in [0.1, 0.15) is 38.1 Å². The van der Waals surface area contributed by atoms with Crippen LogP contribution in [0.2, 0.25) is 0 Å². The van der Waals surface area contributed by atoms with Gasteiger partial charge < -0.3 is 9.73 Å². The molecule has 1 aromatic carbocycles. The third-order valence-corrected chi connectivity index (χ3v) is 5.64. The van der Waals surface area contributed by atoms with Gasteiger partial charge in [-0.05, 0) is 25.8 Å². The second kappa shape index (κ2) is 6.35. The van der Waals surface area contributed by atoms with Crippen molar-refractivity contribution in [3.63, 3.8) is 0 Å². The van der Waals surface area contributed by atoms with Gasteiger partial charge in [0.1, 0.15) is 16.6 Å². The highest BCUT2D eigenvalue weighted by Gasteiger charge is 2.30. The van der Waals surface area contributed by atoms with E-state index in [1.165, 1.54) is 6.92 Å². The monoisotopic (exact) mass is 337 g/mol. The van der Waals surface area contributed by atoms with E-state index in [1.807, 2.05) is 45.0 Å². The molecule has 0 aliphatic heterocycles. The van der Waals surface area contributed by atoms with Crippen LogP contribution in [0, 0.1) is 12.8 Å². The van der Waals surface area contributed by atoms with Crippen LogP contribution >= 0.6 is 0 Å². The molecule has 126 valence electrons. The van der Waals surface area contributed by atoms with Gasteiger partial charge in [-0.25, -0.2) is 8.42 Å². The molecule has 6 heteroatoms. The van der Waals surface area contributed by atoms with E-state index in [9.17, 15) is 13.2 Å². The number of hydrogen-bond acceptors (Lipinski definition) is 4. The number of rotatable bonds is 5. The van der Waals surface area contributed by atoms with E-state index in [0.29, 0.717) is 5.76 Å². The molecule has 0 saturated heterocycles. The Hall–Kier alpha value is -1.82. The molecule has 2 atom stereocenters. The molecule has 0 spiro atoms. The number of benzene rings is 1. The lowest BCUT2D eigenvalue weighted by Crippen LogP contribution is -2.41. The zero-order valence-corrected chi connectivity index (χ0v) is 14.9. The maximum atomic E-state index is 12.3. The van der Waals surface area contributed by atoms with Crippen LogP contribution in [0.15, 0.2) is 28.7 Å². The maximum Gasteiger partial charge on any atom is 0.238 e. The summed E-state index contributed by atoms with van der Waals surface area (Å²) >= 11 is 0. The summed E-state index contributed by atoms with van der Waals surface area (Å²) in [5.74, 6) is 0.228. The normalized spacial score (nSPS) is 14.9. The summed E-state index contributed by atoms with van der Waals surface area (Å²) < 4.78 is 29.1. The van der Waals surface area contributed by atoms with Gasteiger partial charge in [0.15, 0.2) is 9.84 Å². The van der Waals surface area contributed by atoms with E-state index in [4.69, 9.17) is 4.42 Å². The highest BCUT2D eigenvalue weighted by atomic mass is 32.2. The van der Waals surface area contributed by atoms with Gasteiger partial charge in [0.05, 0.1) is 6.04 Å².